The minimum atomic E-state index is -0.00693. The third-order valence-corrected chi connectivity index (χ3v) is 3.37. The van der Waals surface area contributed by atoms with Crippen molar-refractivity contribution < 1.29 is 4.79 Å². The number of Topliss-reactive ketones (excluding diaryl/α,β-unsaturated/α-hetero) is 1. The number of hydrogen-bond acceptors (Lipinski definition) is 1. The summed E-state index contributed by atoms with van der Waals surface area (Å²) < 4.78 is 0. The Balaban J connectivity index is 2.55. The van der Waals surface area contributed by atoms with E-state index in [2.05, 4.69) is 32.0 Å². The molecule has 0 heterocycles. The van der Waals surface area contributed by atoms with Crippen molar-refractivity contribution in [2.24, 2.45) is 0 Å². The zero-order valence-corrected chi connectivity index (χ0v) is 11.5. The summed E-state index contributed by atoms with van der Waals surface area (Å²) in [6.07, 6.45) is 0. The van der Waals surface area contributed by atoms with Crippen LogP contribution in [0.3, 0.4) is 0 Å². The van der Waals surface area contributed by atoms with Crippen molar-refractivity contribution in [3.05, 3.63) is 58.1 Å². The van der Waals surface area contributed by atoms with Gasteiger partial charge in [0.15, 0.2) is 5.78 Å². The highest BCUT2D eigenvalue weighted by Gasteiger charge is 2.08. The van der Waals surface area contributed by atoms with E-state index in [4.69, 9.17) is 11.6 Å². The van der Waals surface area contributed by atoms with Crippen LogP contribution in [0.25, 0.3) is 11.1 Å². The smallest absolute Gasteiger partial charge is 0.161 e. The van der Waals surface area contributed by atoms with E-state index in [0.717, 1.165) is 11.1 Å². The quantitative estimate of drug-likeness (QED) is 0.706. The van der Waals surface area contributed by atoms with Gasteiger partial charge >= 0.3 is 0 Å². The molecule has 0 N–H and O–H groups in total. The lowest BCUT2D eigenvalue weighted by Crippen LogP contribution is -1.94. The molecule has 0 saturated carbocycles. The van der Waals surface area contributed by atoms with Crippen LogP contribution in [-0.4, -0.2) is 5.78 Å². The van der Waals surface area contributed by atoms with Gasteiger partial charge in [-0.15, -0.1) is 0 Å². The van der Waals surface area contributed by atoms with Crippen LogP contribution in [-0.2, 0) is 0 Å². The van der Waals surface area contributed by atoms with Crippen LogP contribution < -0.4 is 0 Å². The fourth-order valence-electron chi connectivity index (χ4n) is 2.02. The summed E-state index contributed by atoms with van der Waals surface area (Å²) in [5.41, 5.74) is 5.19. The second-order valence-corrected chi connectivity index (χ2v) is 4.98. The molecule has 0 bridgehead atoms. The summed E-state index contributed by atoms with van der Waals surface area (Å²) in [6.45, 7) is 5.66. The molecule has 0 saturated heterocycles. The normalized spacial score (nSPS) is 10.4. The van der Waals surface area contributed by atoms with Crippen molar-refractivity contribution in [1.82, 2.24) is 0 Å². The number of hydrogen-bond donors (Lipinski definition) is 0. The predicted octanol–water partition coefficient (Wildman–Crippen LogP) is 4.83. The topological polar surface area (TPSA) is 17.1 Å². The van der Waals surface area contributed by atoms with Gasteiger partial charge in [0.2, 0.25) is 0 Å². The van der Waals surface area contributed by atoms with Crippen LogP contribution in [0.4, 0.5) is 0 Å². The first-order chi connectivity index (χ1) is 8.49. The third kappa shape index (κ3) is 2.46. The van der Waals surface area contributed by atoms with E-state index in [-0.39, 0.29) is 5.78 Å². The van der Waals surface area contributed by atoms with E-state index in [1.165, 1.54) is 18.1 Å². The third-order valence-electron chi connectivity index (χ3n) is 3.05. The van der Waals surface area contributed by atoms with Crippen LogP contribution in [0.5, 0.6) is 0 Å². The number of ketones is 1. The van der Waals surface area contributed by atoms with E-state index in [0.29, 0.717) is 10.6 Å². The van der Waals surface area contributed by atoms with Gasteiger partial charge in [-0.3, -0.25) is 4.79 Å². The van der Waals surface area contributed by atoms with Crippen molar-refractivity contribution in [1.29, 1.82) is 0 Å². The Bertz CT molecular complexity index is 614. The van der Waals surface area contributed by atoms with Crippen LogP contribution in [0, 0.1) is 13.8 Å². The molecule has 18 heavy (non-hydrogen) atoms. The average molecular weight is 259 g/mol. The monoisotopic (exact) mass is 258 g/mol. The maximum absolute atomic E-state index is 11.4. The fourth-order valence-corrected chi connectivity index (χ4v) is 2.33. The standard InChI is InChI=1S/C16H15ClO/c1-10-4-5-11(2)15(8-10)13-6-7-14(12(3)18)16(17)9-13/h4-9H,1-3H3. The van der Waals surface area contributed by atoms with Gasteiger partial charge in [0.25, 0.3) is 0 Å². The molecule has 0 aliphatic carbocycles. The summed E-state index contributed by atoms with van der Waals surface area (Å²) in [5.74, 6) is -0.00693. The van der Waals surface area contributed by atoms with Gasteiger partial charge in [-0.05, 0) is 49.6 Å². The number of halogens is 1. The zero-order valence-electron chi connectivity index (χ0n) is 10.8. The van der Waals surface area contributed by atoms with Gasteiger partial charge in [0, 0.05) is 5.56 Å². The first-order valence-corrected chi connectivity index (χ1v) is 6.25. The van der Waals surface area contributed by atoms with Crippen LogP contribution in [0.15, 0.2) is 36.4 Å². The zero-order chi connectivity index (χ0) is 13.3. The highest BCUT2D eigenvalue weighted by molar-refractivity contribution is 6.34. The Kier molecular flexibility index (Phi) is 3.53. The van der Waals surface area contributed by atoms with E-state index >= 15 is 0 Å². The van der Waals surface area contributed by atoms with Gasteiger partial charge in [0.1, 0.15) is 0 Å². The maximum atomic E-state index is 11.4. The number of carbonyl (C=O) groups excluding carboxylic acids is 1. The second kappa shape index (κ2) is 4.95. The van der Waals surface area contributed by atoms with Crippen molar-refractivity contribution >= 4 is 17.4 Å². The molecule has 2 heteroatoms. The molecule has 0 fully saturated rings. The minimum absolute atomic E-state index is 0.00693. The predicted molar refractivity (Wildman–Crippen MR) is 76.4 cm³/mol. The first kappa shape index (κ1) is 12.8. The molecule has 2 aromatic carbocycles. The lowest BCUT2D eigenvalue weighted by Gasteiger charge is -2.09. The molecule has 0 amide bonds. The lowest BCUT2D eigenvalue weighted by atomic mass is 9.97. The van der Waals surface area contributed by atoms with Gasteiger partial charge in [-0.2, -0.15) is 0 Å². The Morgan fingerprint density at radius 1 is 1.06 bits per heavy atom. The second-order valence-electron chi connectivity index (χ2n) is 4.57. The molecule has 0 radical (unpaired) electrons. The molecule has 0 atom stereocenters. The van der Waals surface area contributed by atoms with Crippen LogP contribution in [0.1, 0.15) is 28.4 Å². The molecule has 0 aromatic heterocycles. The molecule has 0 spiro atoms. The minimum Gasteiger partial charge on any atom is -0.294 e. The molecule has 2 aromatic rings. The summed E-state index contributed by atoms with van der Waals surface area (Å²) in [4.78, 5) is 11.4. The van der Waals surface area contributed by atoms with Crippen molar-refractivity contribution in [2.45, 2.75) is 20.8 Å². The number of aryl methyl sites for hydroxylation is 2. The number of rotatable bonds is 2. The summed E-state index contributed by atoms with van der Waals surface area (Å²) in [5, 5.41) is 0.515. The van der Waals surface area contributed by atoms with E-state index in [1.807, 2.05) is 12.1 Å². The Morgan fingerprint density at radius 3 is 2.39 bits per heavy atom. The molecule has 2 rings (SSSR count). The number of carbonyl (C=O) groups is 1. The van der Waals surface area contributed by atoms with Gasteiger partial charge in [-0.1, -0.05) is 41.4 Å². The fraction of sp³-hybridized carbons (Fsp3) is 0.188. The largest absolute Gasteiger partial charge is 0.294 e. The van der Waals surface area contributed by atoms with Gasteiger partial charge in [-0.25, -0.2) is 0 Å². The molecular weight excluding hydrogens is 244 g/mol. The molecule has 0 aliphatic rings. The van der Waals surface area contributed by atoms with Gasteiger partial charge in [0.05, 0.1) is 5.02 Å². The van der Waals surface area contributed by atoms with Crippen LogP contribution in [0.2, 0.25) is 5.02 Å². The summed E-state index contributed by atoms with van der Waals surface area (Å²) in [7, 11) is 0. The molecule has 0 aliphatic heterocycles. The maximum Gasteiger partial charge on any atom is 0.161 e. The Hall–Kier alpha value is -1.60. The van der Waals surface area contributed by atoms with Crippen LogP contribution >= 0.6 is 11.6 Å². The lowest BCUT2D eigenvalue weighted by molar-refractivity contribution is 0.101. The van der Waals surface area contributed by atoms with Crippen molar-refractivity contribution in [3.63, 3.8) is 0 Å². The Morgan fingerprint density at radius 2 is 1.78 bits per heavy atom. The van der Waals surface area contributed by atoms with E-state index in [9.17, 15) is 4.79 Å². The van der Waals surface area contributed by atoms with Crippen molar-refractivity contribution in [2.75, 3.05) is 0 Å². The average Bonchev–Trinajstić information content (AvgIpc) is 2.31. The summed E-state index contributed by atoms with van der Waals surface area (Å²) >= 11 is 6.15. The molecule has 1 nitrogen and oxygen atoms in total. The molecule has 92 valence electrons. The molecule has 0 unspecified atom stereocenters. The molecular formula is C16H15ClO. The van der Waals surface area contributed by atoms with Crippen molar-refractivity contribution in [3.8, 4) is 11.1 Å². The summed E-state index contributed by atoms with van der Waals surface area (Å²) in [6, 6.07) is 11.9. The van der Waals surface area contributed by atoms with Gasteiger partial charge < -0.3 is 0 Å². The van der Waals surface area contributed by atoms with E-state index < -0.39 is 0 Å². The first-order valence-electron chi connectivity index (χ1n) is 5.87. The highest BCUT2D eigenvalue weighted by atomic mass is 35.5. The van der Waals surface area contributed by atoms with E-state index in [1.54, 1.807) is 6.07 Å². The Labute approximate surface area is 112 Å². The highest BCUT2D eigenvalue weighted by Crippen LogP contribution is 2.28. The SMILES string of the molecule is CC(=O)c1ccc(-c2cc(C)ccc2C)cc1Cl. The number of benzene rings is 2.